The Morgan fingerprint density at radius 2 is 1.92 bits per heavy atom. The zero-order valence-corrected chi connectivity index (χ0v) is 7.29. The number of aliphatic hydroxyl groups excluding tert-OH is 1. The Kier molecular flexibility index (Phi) is 7.70. The fraction of sp³-hybridized carbons (Fsp3) is 0.667. The Labute approximate surface area is 73.0 Å². The van der Waals surface area contributed by atoms with Crippen molar-refractivity contribution in [1.29, 1.82) is 0 Å². The molecule has 0 aromatic heterocycles. The van der Waals surface area contributed by atoms with Gasteiger partial charge in [0, 0.05) is 6.08 Å². The average molecular weight is 172 g/mol. The maximum absolute atomic E-state index is 10.1. The van der Waals surface area contributed by atoms with E-state index >= 15 is 0 Å². The number of hydrogen-bond donors (Lipinski definition) is 1. The second-order valence-corrected chi connectivity index (χ2v) is 2.51. The minimum absolute atomic E-state index is 0.0465. The van der Waals surface area contributed by atoms with Crippen molar-refractivity contribution in [3.8, 4) is 0 Å². The van der Waals surface area contributed by atoms with E-state index in [1.165, 1.54) is 25.7 Å². The first-order valence-electron chi connectivity index (χ1n) is 4.21. The van der Waals surface area contributed by atoms with Crippen LogP contribution in [0.4, 0.5) is 0 Å². The summed E-state index contributed by atoms with van der Waals surface area (Å²) in [5.74, 6) is -0.501. The van der Waals surface area contributed by atoms with Crippen molar-refractivity contribution in [3.05, 3.63) is 12.7 Å². The SMILES string of the molecule is C1CCC1.C=CC(=O)OCCO. The van der Waals surface area contributed by atoms with Crippen LogP contribution < -0.4 is 0 Å². The van der Waals surface area contributed by atoms with Gasteiger partial charge in [0.15, 0.2) is 0 Å². The summed E-state index contributed by atoms with van der Waals surface area (Å²) in [4.78, 5) is 10.1. The summed E-state index contributed by atoms with van der Waals surface area (Å²) in [5, 5.41) is 8.10. The Hall–Kier alpha value is -0.830. The molecular weight excluding hydrogens is 156 g/mol. The number of carbonyl (C=O) groups excluding carboxylic acids is 1. The first-order valence-corrected chi connectivity index (χ1v) is 4.21. The van der Waals surface area contributed by atoms with Gasteiger partial charge < -0.3 is 9.84 Å². The molecule has 0 spiro atoms. The lowest BCUT2D eigenvalue weighted by atomic mass is 10.0. The third-order valence-corrected chi connectivity index (χ3v) is 1.50. The van der Waals surface area contributed by atoms with Crippen LogP contribution in [0.1, 0.15) is 25.7 Å². The third-order valence-electron chi connectivity index (χ3n) is 1.50. The van der Waals surface area contributed by atoms with Gasteiger partial charge in [-0.15, -0.1) is 0 Å². The molecule has 0 bridgehead atoms. The van der Waals surface area contributed by atoms with E-state index in [0.717, 1.165) is 6.08 Å². The van der Waals surface area contributed by atoms with Crippen LogP contribution in [0.25, 0.3) is 0 Å². The molecule has 70 valence electrons. The van der Waals surface area contributed by atoms with Gasteiger partial charge in [-0.25, -0.2) is 4.79 Å². The molecule has 0 amide bonds. The Bertz CT molecular complexity index is 124. The van der Waals surface area contributed by atoms with Crippen molar-refractivity contribution < 1.29 is 14.6 Å². The zero-order valence-electron chi connectivity index (χ0n) is 7.29. The van der Waals surface area contributed by atoms with E-state index in [9.17, 15) is 4.79 Å². The van der Waals surface area contributed by atoms with Gasteiger partial charge in [0.1, 0.15) is 6.61 Å². The van der Waals surface area contributed by atoms with E-state index in [0.29, 0.717) is 0 Å². The highest BCUT2D eigenvalue weighted by Gasteiger charge is 1.95. The van der Waals surface area contributed by atoms with Gasteiger partial charge in [0.05, 0.1) is 6.61 Å². The summed E-state index contributed by atoms with van der Waals surface area (Å²) in [7, 11) is 0. The minimum atomic E-state index is -0.501. The standard InChI is InChI=1S/C5H8O3.C4H8/c1-2-5(7)8-4-3-6;1-2-4-3-1/h2,6H,1,3-4H2;1-4H2. The lowest BCUT2D eigenvalue weighted by Crippen LogP contribution is -2.04. The lowest BCUT2D eigenvalue weighted by Gasteiger charge is -2.05. The van der Waals surface area contributed by atoms with E-state index in [4.69, 9.17) is 5.11 Å². The van der Waals surface area contributed by atoms with Crippen LogP contribution in [0.3, 0.4) is 0 Å². The molecule has 0 aromatic rings. The molecule has 0 saturated heterocycles. The van der Waals surface area contributed by atoms with Gasteiger partial charge in [0.2, 0.25) is 0 Å². The predicted octanol–water partition coefficient (Wildman–Crippen LogP) is 1.27. The number of hydrogen-bond acceptors (Lipinski definition) is 3. The highest BCUT2D eigenvalue weighted by molar-refractivity contribution is 5.81. The zero-order chi connectivity index (χ0) is 9.23. The molecule has 1 saturated carbocycles. The quantitative estimate of drug-likeness (QED) is 0.515. The number of carbonyl (C=O) groups is 1. The van der Waals surface area contributed by atoms with Crippen molar-refractivity contribution in [2.75, 3.05) is 13.2 Å². The summed E-state index contributed by atoms with van der Waals surface area (Å²) >= 11 is 0. The number of aliphatic hydroxyl groups is 1. The topological polar surface area (TPSA) is 46.5 Å². The first-order chi connectivity index (χ1) is 5.81. The summed E-state index contributed by atoms with van der Waals surface area (Å²) in [6.07, 6.45) is 7.05. The van der Waals surface area contributed by atoms with E-state index in [2.05, 4.69) is 11.3 Å². The molecule has 1 rings (SSSR count). The van der Waals surface area contributed by atoms with Crippen molar-refractivity contribution in [1.82, 2.24) is 0 Å². The molecule has 1 N–H and O–H groups in total. The fourth-order valence-electron chi connectivity index (χ4n) is 0.455. The van der Waals surface area contributed by atoms with Gasteiger partial charge in [-0.1, -0.05) is 32.3 Å². The Morgan fingerprint density at radius 3 is 2.17 bits per heavy atom. The summed E-state index contributed by atoms with van der Waals surface area (Å²) in [6.45, 7) is 3.06. The Balaban J connectivity index is 0.000000247. The van der Waals surface area contributed by atoms with E-state index in [1.54, 1.807) is 0 Å². The van der Waals surface area contributed by atoms with Gasteiger partial charge in [-0.05, 0) is 0 Å². The predicted molar refractivity (Wildman–Crippen MR) is 46.7 cm³/mol. The largest absolute Gasteiger partial charge is 0.460 e. The number of rotatable bonds is 3. The fourth-order valence-corrected chi connectivity index (χ4v) is 0.455. The van der Waals surface area contributed by atoms with E-state index in [-0.39, 0.29) is 13.2 Å². The van der Waals surface area contributed by atoms with E-state index < -0.39 is 5.97 Å². The highest BCUT2D eigenvalue weighted by Crippen LogP contribution is 2.15. The van der Waals surface area contributed by atoms with Crippen LogP contribution in [-0.2, 0) is 9.53 Å². The molecule has 0 aliphatic heterocycles. The van der Waals surface area contributed by atoms with Crippen LogP contribution in [0.15, 0.2) is 12.7 Å². The average Bonchev–Trinajstić information content (AvgIpc) is 1.97. The Morgan fingerprint density at radius 1 is 1.42 bits per heavy atom. The van der Waals surface area contributed by atoms with Gasteiger partial charge >= 0.3 is 5.97 Å². The molecule has 0 unspecified atom stereocenters. The van der Waals surface area contributed by atoms with Gasteiger partial charge in [0.25, 0.3) is 0 Å². The van der Waals surface area contributed by atoms with Crippen LogP contribution in [0.2, 0.25) is 0 Å². The molecule has 12 heavy (non-hydrogen) atoms. The molecule has 3 nitrogen and oxygen atoms in total. The third kappa shape index (κ3) is 7.28. The molecule has 0 aromatic carbocycles. The molecule has 0 atom stereocenters. The summed E-state index contributed by atoms with van der Waals surface area (Å²) in [6, 6.07) is 0. The van der Waals surface area contributed by atoms with Gasteiger partial charge in [-0.3, -0.25) is 0 Å². The second-order valence-electron chi connectivity index (χ2n) is 2.51. The molecule has 0 heterocycles. The molecule has 3 heteroatoms. The summed E-state index contributed by atoms with van der Waals surface area (Å²) < 4.78 is 4.33. The minimum Gasteiger partial charge on any atom is -0.460 e. The number of esters is 1. The molecule has 1 aliphatic rings. The maximum atomic E-state index is 10.1. The smallest absolute Gasteiger partial charge is 0.330 e. The molecule has 0 radical (unpaired) electrons. The van der Waals surface area contributed by atoms with Crippen LogP contribution in [0.5, 0.6) is 0 Å². The molecule has 1 fully saturated rings. The van der Waals surface area contributed by atoms with Crippen molar-refractivity contribution in [2.24, 2.45) is 0 Å². The van der Waals surface area contributed by atoms with Gasteiger partial charge in [-0.2, -0.15) is 0 Å². The van der Waals surface area contributed by atoms with Crippen molar-refractivity contribution in [3.63, 3.8) is 0 Å². The maximum Gasteiger partial charge on any atom is 0.330 e. The normalized spacial score (nSPS) is 13.4. The van der Waals surface area contributed by atoms with Crippen molar-refractivity contribution >= 4 is 5.97 Å². The second kappa shape index (κ2) is 8.27. The van der Waals surface area contributed by atoms with Crippen LogP contribution >= 0.6 is 0 Å². The van der Waals surface area contributed by atoms with Crippen molar-refractivity contribution in [2.45, 2.75) is 25.7 Å². The highest BCUT2D eigenvalue weighted by atomic mass is 16.5. The molecule has 1 aliphatic carbocycles. The monoisotopic (exact) mass is 172 g/mol. The number of ether oxygens (including phenoxy) is 1. The molecular formula is C9H16O3. The van der Waals surface area contributed by atoms with E-state index in [1.807, 2.05) is 0 Å². The summed E-state index contributed by atoms with van der Waals surface area (Å²) in [5.41, 5.74) is 0. The first kappa shape index (κ1) is 11.2. The lowest BCUT2D eigenvalue weighted by molar-refractivity contribution is -0.138. The van der Waals surface area contributed by atoms with Crippen LogP contribution in [-0.4, -0.2) is 24.3 Å². The van der Waals surface area contributed by atoms with Crippen LogP contribution in [0, 0.1) is 0 Å².